The number of fused-ring (bicyclic) bond motifs is 1. The van der Waals surface area contributed by atoms with Gasteiger partial charge in [-0.1, -0.05) is 0 Å². The maximum atomic E-state index is 14.5. The molecule has 1 saturated heterocycles. The highest BCUT2D eigenvalue weighted by Crippen LogP contribution is 2.34. The first kappa shape index (κ1) is 24.2. The van der Waals surface area contributed by atoms with E-state index in [9.17, 15) is 8.78 Å². The molecule has 190 valence electrons. The number of ether oxygens (including phenoxy) is 4. The van der Waals surface area contributed by atoms with Gasteiger partial charge in [0.1, 0.15) is 17.3 Å². The molecule has 36 heavy (non-hydrogen) atoms. The van der Waals surface area contributed by atoms with E-state index in [1.807, 2.05) is 23.1 Å². The maximum absolute atomic E-state index is 14.5. The zero-order chi connectivity index (χ0) is 25.1. The highest BCUT2D eigenvalue weighted by Gasteiger charge is 2.27. The molecule has 0 radical (unpaired) electrons. The van der Waals surface area contributed by atoms with E-state index >= 15 is 0 Å². The number of nitrogens with zero attached hydrogens (tertiary/aromatic N) is 4. The Morgan fingerprint density at radius 1 is 0.944 bits per heavy atom. The molecule has 0 N–H and O–H groups in total. The quantitative estimate of drug-likeness (QED) is 0.485. The number of aromatic nitrogens is 2. The molecule has 0 unspecified atom stereocenters. The fraction of sp³-hybridized carbons (Fsp3) is 0.385. The summed E-state index contributed by atoms with van der Waals surface area (Å²) in [4.78, 5) is 13.8. The van der Waals surface area contributed by atoms with Gasteiger partial charge in [0.05, 0.1) is 38.7 Å². The van der Waals surface area contributed by atoms with Crippen LogP contribution in [0.1, 0.15) is 16.8 Å². The van der Waals surface area contributed by atoms with Crippen LogP contribution in [0.3, 0.4) is 0 Å². The molecular weight excluding hydrogens is 470 g/mol. The molecule has 2 aromatic carbocycles. The van der Waals surface area contributed by atoms with Gasteiger partial charge in [-0.2, -0.15) is 4.98 Å². The Hall–Kier alpha value is -3.50. The predicted octanol–water partition coefficient (Wildman–Crippen LogP) is 3.96. The molecule has 1 fully saturated rings. The summed E-state index contributed by atoms with van der Waals surface area (Å²) in [5, 5.41) is 0. The largest absolute Gasteiger partial charge is 0.497 e. The number of hydrogen-bond acceptors (Lipinski definition) is 8. The average Bonchev–Trinajstić information content (AvgIpc) is 2.90. The van der Waals surface area contributed by atoms with Crippen molar-refractivity contribution in [2.24, 2.45) is 0 Å². The fourth-order valence-corrected chi connectivity index (χ4v) is 4.43. The normalized spacial score (nSPS) is 15.9. The summed E-state index contributed by atoms with van der Waals surface area (Å²) in [6, 6.07) is 9.02. The van der Waals surface area contributed by atoms with Crippen molar-refractivity contribution < 1.29 is 27.7 Å². The molecule has 0 atom stereocenters. The van der Waals surface area contributed by atoms with Crippen LogP contribution in [0.5, 0.6) is 23.1 Å². The smallest absolute Gasteiger partial charge is 0.229 e. The molecule has 0 spiro atoms. The van der Waals surface area contributed by atoms with Crippen LogP contribution in [-0.2, 0) is 24.2 Å². The lowest BCUT2D eigenvalue weighted by Crippen LogP contribution is -2.38. The Bertz CT molecular complexity index is 1210. The number of hydrogen-bond donors (Lipinski definition) is 0. The minimum absolute atomic E-state index is 0.0834. The van der Waals surface area contributed by atoms with Gasteiger partial charge in [0.25, 0.3) is 0 Å². The number of anilines is 1. The zero-order valence-corrected chi connectivity index (χ0v) is 20.3. The van der Waals surface area contributed by atoms with Gasteiger partial charge in [0.15, 0.2) is 11.6 Å². The summed E-state index contributed by atoms with van der Waals surface area (Å²) >= 11 is 0. The van der Waals surface area contributed by atoms with E-state index in [0.717, 1.165) is 47.0 Å². The van der Waals surface area contributed by atoms with E-state index in [2.05, 4.69) is 9.88 Å². The first-order chi connectivity index (χ1) is 17.5. The van der Waals surface area contributed by atoms with Crippen LogP contribution in [0.15, 0.2) is 36.4 Å². The van der Waals surface area contributed by atoms with Crippen molar-refractivity contribution >= 4 is 5.95 Å². The first-order valence-corrected chi connectivity index (χ1v) is 11.8. The van der Waals surface area contributed by atoms with E-state index < -0.39 is 11.6 Å². The molecule has 0 aliphatic carbocycles. The molecule has 0 bridgehead atoms. The minimum Gasteiger partial charge on any atom is -0.497 e. The maximum Gasteiger partial charge on any atom is 0.229 e. The van der Waals surface area contributed by atoms with E-state index in [1.165, 1.54) is 6.07 Å². The minimum atomic E-state index is -0.786. The standard InChI is InChI=1S/C26H28F2N4O4/c1-33-19-11-17(12-20(14-19)34-2)15-31-6-5-23-21(16-31)25(36-24-4-3-18(27)13-22(24)28)30-26(29-23)32-7-9-35-10-8-32/h3-4,11-14H,5-10,15-16H2,1-2H3. The van der Waals surface area contributed by atoms with Gasteiger partial charge in [-0.05, 0) is 29.8 Å². The third-order valence-corrected chi connectivity index (χ3v) is 6.30. The van der Waals surface area contributed by atoms with E-state index in [-0.39, 0.29) is 11.6 Å². The average molecular weight is 499 g/mol. The van der Waals surface area contributed by atoms with Crippen molar-refractivity contribution in [3.8, 4) is 23.1 Å². The van der Waals surface area contributed by atoms with Gasteiger partial charge >= 0.3 is 0 Å². The monoisotopic (exact) mass is 498 g/mol. The molecule has 0 amide bonds. The Kier molecular flexibility index (Phi) is 7.15. The highest BCUT2D eigenvalue weighted by atomic mass is 19.1. The second-order valence-electron chi connectivity index (χ2n) is 8.71. The summed E-state index contributed by atoms with van der Waals surface area (Å²) in [6.07, 6.45) is 0.679. The van der Waals surface area contributed by atoms with Crippen LogP contribution in [0.2, 0.25) is 0 Å². The predicted molar refractivity (Wildman–Crippen MR) is 129 cm³/mol. The molecule has 0 saturated carbocycles. The summed E-state index contributed by atoms with van der Waals surface area (Å²) in [5.74, 6) is 0.706. The number of rotatable bonds is 7. The lowest BCUT2D eigenvalue weighted by molar-refractivity contribution is 0.122. The number of benzene rings is 2. The highest BCUT2D eigenvalue weighted by molar-refractivity contribution is 5.44. The third-order valence-electron chi connectivity index (χ3n) is 6.30. The van der Waals surface area contributed by atoms with Gasteiger partial charge in [0, 0.05) is 51.3 Å². The third kappa shape index (κ3) is 5.34. The molecule has 3 heterocycles. The summed E-state index contributed by atoms with van der Waals surface area (Å²) in [6.45, 7) is 4.41. The van der Waals surface area contributed by atoms with Gasteiger partial charge in [0.2, 0.25) is 11.8 Å². The number of morpholine rings is 1. The van der Waals surface area contributed by atoms with Crippen molar-refractivity contribution in [3.05, 3.63) is 64.9 Å². The van der Waals surface area contributed by atoms with E-state index in [1.54, 1.807) is 14.2 Å². The fourth-order valence-electron chi connectivity index (χ4n) is 4.43. The van der Waals surface area contributed by atoms with Gasteiger partial charge < -0.3 is 23.8 Å². The van der Waals surface area contributed by atoms with Crippen molar-refractivity contribution in [2.45, 2.75) is 19.5 Å². The zero-order valence-electron chi connectivity index (χ0n) is 20.3. The Labute approximate surface area is 208 Å². The molecule has 8 nitrogen and oxygen atoms in total. The SMILES string of the molecule is COc1cc(CN2CCc3nc(N4CCOCC4)nc(Oc4ccc(F)cc4F)c3C2)cc(OC)c1. The second kappa shape index (κ2) is 10.6. The van der Waals surface area contributed by atoms with Crippen LogP contribution in [-0.4, -0.2) is 61.9 Å². The second-order valence-corrected chi connectivity index (χ2v) is 8.71. The molecule has 2 aliphatic heterocycles. The van der Waals surface area contributed by atoms with E-state index in [4.69, 9.17) is 23.9 Å². The van der Waals surface area contributed by atoms with Crippen molar-refractivity contribution in [3.63, 3.8) is 0 Å². The molecule has 3 aromatic rings. The number of methoxy groups -OCH3 is 2. The molecule has 5 rings (SSSR count). The molecule has 2 aliphatic rings. The van der Waals surface area contributed by atoms with Gasteiger partial charge in [-0.25, -0.2) is 13.8 Å². The first-order valence-electron chi connectivity index (χ1n) is 11.8. The Morgan fingerprint density at radius 2 is 1.69 bits per heavy atom. The lowest BCUT2D eigenvalue weighted by Gasteiger charge is -2.32. The molecular formula is C26H28F2N4O4. The van der Waals surface area contributed by atoms with Crippen molar-refractivity contribution in [1.29, 1.82) is 0 Å². The van der Waals surface area contributed by atoms with Crippen LogP contribution >= 0.6 is 0 Å². The Morgan fingerprint density at radius 3 is 2.39 bits per heavy atom. The Balaban J connectivity index is 1.45. The van der Waals surface area contributed by atoms with Crippen LogP contribution < -0.4 is 19.1 Å². The van der Waals surface area contributed by atoms with Gasteiger partial charge in [-0.15, -0.1) is 0 Å². The molecule has 10 heteroatoms. The summed E-state index contributed by atoms with van der Waals surface area (Å²) < 4.78 is 50.1. The van der Waals surface area contributed by atoms with Gasteiger partial charge in [-0.3, -0.25) is 4.90 Å². The molecule has 1 aromatic heterocycles. The van der Waals surface area contributed by atoms with E-state index in [0.29, 0.717) is 51.8 Å². The summed E-state index contributed by atoms with van der Waals surface area (Å²) in [7, 11) is 3.24. The van der Waals surface area contributed by atoms with Crippen LogP contribution in [0.25, 0.3) is 0 Å². The van der Waals surface area contributed by atoms with Crippen LogP contribution in [0.4, 0.5) is 14.7 Å². The lowest BCUT2D eigenvalue weighted by atomic mass is 10.1. The van der Waals surface area contributed by atoms with Crippen molar-refractivity contribution in [1.82, 2.24) is 14.9 Å². The topological polar surface area (TPSA) is 69.2 Å². The van der Waals surface area contributed by atoms with Crippen LogP contribution in [0, 0.1) is 11.6 Å². The number of halogens is 2. The summed E-state index contributed by atoms with van der Waals surface area (Å²) in [5.41, 5.74) is 2.69. The van der Waals surface area contributed by atoms with Crippen molar-refractivity contribution in [2.75, 3.05) is 52.0 Å².